The summed E-state index contributed by atoms with van der Waals surface area (Å²) in [5.74, 6) is 2.00. The summed E-state index contributed by atoms with van der Waals surface area (Å²) in [5.41, 5.74) is 0. The van der Waals surface area contributed by atoms with Crippen molar-refractivity contribution in [2.45, 2.75) is 18.2 Å². The highest BCUT2D eigenvalue weighted by Gasteiger charge is 2.29. The van der Waals surface area contributed by atoms with E-state index < -0.39 is 0 Å². The third-order valence-electron chi connectivity index (χ3n) is 2.46. The lowest BCUT2D eigenvalue weighted by atomic mass is 10.3. The zero-order chi connectivity index (χ0) is 10.7. The monoisotopic (exact) mass is 227 g/mol. The number of alkyl halides is 1. The van der Waals surface area contributed by atoms with Gasteiger partial charge in [0.15, 0.2) is 0 Å². The molecule has 1 aromatic rings. The molecule has 1 aromatic heterocycles. The van der Waals surface area contributed by atoms with Gasteiger partial charge in [-0.15, -0.1) is 11.6 Å². The van der Waals surface area contributed by atoms with Crippen LogP contribution in [0.2, 0.25) is 0 Å². The van der Waals surface area contributed by atoms with E-state index in [0.29, 0.717) is 11.8 Å². The van der Waals surface area contributed by atoms with Crippen LogP contribution in [0.4, 0.5) is 5.82 Å². The lowest BCUT2D eigenvalue weighted by Gasteiger charge is -2.10. The van der Waals surface area contributed by atoms with Crippen molar-refractivity contribution in [2.24, 2.45) is 5.92 Å². The molecule has 1 fully saturated rings. The molecule has 5 heteroatoms. The molecule has 1 unspecified atom stereocenters. The van der Waals surface area contributed by atoms with Gasteiger partial charge in [0.2, 0.25) is 5.88 Å². The van der Waals surface area contributed by atoms with Crippen LogP contribution in [-0.4, -0.2) is 29.0 Å². The molecule has 0 aliphatic heterocycles. The Hall–Kier alpha value is -1.03. The van der Waals surface area contributed by atoms with Gasteiger partial charge >= 0.3 is 0 Å². The van der Waals surface area contributed by atoms with Gasteiger partial charge in [-0.2, -0.15) is 0 Å². The maximum atomic E-state index is 6.16. The molecule has 4 nitrogen and oxygen atoms in total. The van der Waals surface area contributed by atoms with Gasteiger partial charge in [0.25, 0.3) is 0 Å². The van der Waals surface area contributed by atoms with Crippen LogP contribution in [0.3, 0.4) is 0 Å². The van der Waals surface area contributed by atoms with E-state index in [1.165, 1.54) is 19.2 Å². The minimum Gasteiger partial charge on any atom is -0.481 e. The number of nitrogens with zero attached hydrogens (tertiary/aromatic N) is 2. The predicted octanol–water partition coefficient (Wildman–Crippen LogP) is 1.91. The van der Waals surface area contributed by atoms with E-state index in [9.17, 15) is 0 Å². The zero-order valence-corrected chi connectivity index (χ0v) is 9.37. The van der Waals surface area contributed by atoms with E-state index in [2.05, 4.69) is 15.3 Å². The number of methoxy groups -OCH3 is 1. The molecule has 0 radical (unpaired) electrons. The van der Waals surface area contributed by atoms with E-state index in [1.54, 1.807) is 13.2 Å². The maximum Gasteiger partial charge on any atom is 0.218 e. The Bertz CT molecular complexity index is 330. The Morgan fingerprint density at radius 2 is 2.40 bits per heavy atom. The van der Waals surface area contributed by atoms with Crippen LogP contribution in [0, 0.1) is 5.92 Å². The molecule has 1 aliphatic carbocycles. The first-order valence-corrected chi connectivity index (χ1v) is 5.47. The average molecular weight is 228 g/mol. The molecule has 0 bridgehead atoms. The molecule has 1 atom stereocenters. The summed E-state index contributed by atoms with van der Waals surface area (Å²) in [6.45, 7) is 0.742. The number of aromatic nitrogens is 2. The highest BCUT2D eigenvalue weighted by Crippen LogP contribution is 2.35. The standard InChI is InChI=1S/C10H14ClN3O/c1-15-10-4-9(13-6-14-10)12-5-8(11)7-2-3-7/h4,6-8H,2-3,5H2,1H3,(H,12,13,14). The predicted molar refractivity (Wildman–Crippen MR) is 59.4 cm³/mol. The third-order valence-corrected chi connectivity index (χ3v) is 2.97. The molecule has 0 aromatic carbocycles. The van der Waals surface area contributed by atoms with Crippen LogP contribution in [0.5, 0.6) is 5.88 Å². The first-order valence-electron chi connectivity index (χ1n) is 5.03. The van der Waals surface area contributed by atoms with Crippen molar-refractivity contribution in [3.05, 3.63) is 12.4 Å². The molecule has 0 saturated heterocycles. The molecular formula is C10H14ClN3O. The Morgan fingerprint density at radius 1 is 1.60 bits per heavy atom. The lowest BCUT2D eigenvalue weighted by molar-refractivity contribution is 0.397. The molecule has 0 spiro atoms. The van der Waals surface area contributed by atoms with Crippen molar-refractivity contribution in [3.63, 3.8) is 0 Å². The molecule has 1 N–H and O–H groups in total. The first-order chi connectivity index (χ1) is 7.29. The van der Waals surface area contributed by atoms with Crippen LogP contribution >= 0.6 is 11.6 Å². The summed E-state index contributed by atoms with van der Waals surface area (Å²) in [5, 5.41) is 3.38. The second-order valence-electron chi connectivity index (χ2n) is 3.68. The van der Waals surface area contributed by atoms with Crippen molar-refractivity contribution in [3.8, 4) is 5.88 Å². The first kappa shape index (κ1) is 10.5. The molecule has 82 valence electrons. The molecule has 1 saturated carbocycles. The maximum absolute atomic E-state index is 6.16. The van der Waals surface area contributed by atoms with Gasteiger partial charge in [-0.3, -0.25) is 0 Å². The van der Waals surface area contributed by atoms with Gasteiger partial charge in [-0.25, -0.2) is 9.97 Å². The SMILES string of the molecule is COc1cc(NCC(Cl)C2CC2)ncn1. The van der Waals surface area contributed by atoms with Gasteiger partial charge < -0.3 is 10.1 Å². The third kappa shape index (κ3) is 2.96. The van der Waals surface area contributed by atoms with E-state index in [1.807, 2.05) is 0 Å². The largest absolute Gasteiger partial charge is 0.481 e. The summed E-state index contributed by atoms with van der Waals surface area (Å²) in [6.07, 6.45) is 3.98. The van der Waals surface area contributed by atoms with E-state index >= 15 is 0 Å². The fourth-order valence-electron chi connectivity index (χ4n) is 1.37. The van der Waals surface area contributed by atoms with Gasteiger partial charge in [-0.05, 0) is 18.8 Å². The smallest absolute Gasteiger partial charge is 0.218 e. The minimum atomic E-state index is 0.200. The number of anilines is 1. The van der Waals surface area contributed by atoms with E-state index in [4.69, 9.17) is 16.3 Å². The van der Waals surface area contributed by atoms with Crippen LogP contribution < -0.4 is 10.1 Å². The van der Waals surface area contributed by atoms with Crippen LogP contribution in [0.1, 0.15) is 12.8 Å². The average Bonchev–Trinajstić information content (AvgIpc) is 3.10. The summed E-state index contributed by atoms with van der Waals surface area (Å²) in [7, 11) is 1.58. The molecule has 1 heterocycles. The highest BCUT2D eigenvalue weighted by molar-refractivity contribution is 6.21. The highest BCUT2D eigenvalue weighted by atomic mass is 35.5. The van der Waals surface area contributed by atoms with Crippen molar-refractivity contribution >= 4 is 17.4 Å². The number of hydrogen-bond acceptors (Lipinski definition) is 4. The van der Waals surface area contributed by atoms with Gasteiger partial charge in [0.05, 0.1) is 12.5 Å². The molecule has 0 amide bonds. The molecule has 15 heavy (non-hydrogen) atoms. The molecular weight excluding hydrogens is 214 g/mol. The van der Waals surface area contributed by atoms with Crippen LogP contribution in [-0.2, 0) is 0 Å². The number of ether oxygens (including phenoxy) is 1. The van der Waals surface area contributed by atoms with E-state index in [0.717, 1.165) is 12.4 Å². The second-order valence-corrected chi connectivity index (χ2v) is 4.24. The van der Waals surface area contributed by atoms with Gasteiger partial charge in [0.1, 0.15) is 12.1 Å². The van der Waals surface area contributed by atoms with Crippen LogP contribution in [0.15, 0.2) is 12.4 Å². The normalized spacial score (nSPS) is 17.2. The minimum absolute atomic E-state index is 0.200. The van der Waals surface area contributed by atoms with Crippen molar-refractivity contribution < 1.29 is 4.74 Å². The summed E-state index contributed by atoms with van der Waals surface area (Å²) >= 11 is 6.16. The Balaban J connectivity index is 1.86. The number of rotatable bonds is 5. The fraction of sp³-hybridized carbons (Fsp3) is 0.600. The summed E-state index contributed by atoms with van der Waals surface area (Å²) < 4.78 is 5.00. The fourth-order valence-corrected chi connectivity index (χ4v) is 1.70. The summed E-state index contributed by atoms with van der Waals surface area (Å²) in [6, 6.07) is 1.76. The Labute approximate surface area is 94.0 Å². The topological polar surface area (TPSA) is 47.0 Å². The Morgan fingerprint density at radius 3 is 3.07 bits per heavy atom. The molecule has 2 rings (SSSR count). The lowest BCUT2D eigenvalue weighted by Crippen LogP contribution is -2.16. The van der Waals surface area contributed by atoms with Crippen molar-refractivity contribution in [1.82, 2.24) is 9.97 Å². The zero-order valence-electron chi connectivity index (χ0n) is 8.61. The quantitative estimate of drug-likeness (QED) is 0.781. The van der Waals surface area contributed by atoms with Crippen LogP contribution in [0.25, 0.3) is 0 Å². The number of hydrogen-bond donors (Lipinski definition) is 1. The summed E-state index contributed by atoms with van der Waals surface area (Å²) in [4.78, 5) is 8.00. The second kappa shape index (κ2) is 4.66. The van der Waals surface area contributed by atoms with Gasteiger partial charge in [-0.1, -0.05) is 0 Å². The van der Waals surface area contributed by atoms with E-state index in [-0.39, 0.29) is 5.38 Å². The number of halogens is 1. The molecule has 1 aliphatic rings. The Kier molecular flexibility index (Phi) is 3.26. The number of nitrogens with one attached hydrogen (secondary N) is 1. The van der Waals surface area contributed by atoms with Crippen molar-refractivity contribution in [2.75, 3.05) is 19.0 Å². The van der Waals surface area contributed by atoms with Crippen molar-refractivity contribution in [1.29, 1.82) is 0 Å². The van der Waals surface area contributed by atoms with Gasteiger partial charge in [0, 0.05) is 12.6 Å².